The number of rotatable bonds is 31. The van der Waals surface area contributed by atoms with Crippen LogP contribution in [0.4, 0.5) is 0 Å². The van der Waals surface area contributed by atoms with Crippen LogP contribution in [0.1, 0.15) is 130 Å². The van der Waals surface area contributed by atoms with E-state index in [0.29, 0.717) is 6.42 Å². The third-order valence-corrected chi connectivity index (χ3v) is 14.2. The summed E-state index contributed by atoms with van der Waals surface area (Å²) in [7, 11) is 3.34. The number of nitrogens with two attached hydrogens (primary N) is 3. The van der Waals surface area contributed by atoms with Crippen molar-refractivity contribution in [3.8, 4) is 0 Å². The average Bonchev–Trinajstić information content (AvgIpc) is 3.63. The van der Waals surface area contributed by atoms with Crippen molar-refractivity contribution >= 4 is 82.6 Å². The molecule has 0 aromatic rings. The molecule has 1 saturated heterocycles. The van der Waals surface area contributed by atoms with Gasteiger partial charge in [-0.15, -0.1) is 11.6 Å². The highest BCUT2D eigenvalue weighted by molar-refractivity contribution is 6.18. The van der Waals surface area contributed by atoms with E-state index in [0.717, 1.165) is 64.4 Å². The SMILES string of the molecule is C/C=C1/NC(=O)C([C@H](C)O)NC(=O)[C@H](CCN)NC(=O)C([C@H](O)C(=O)NCCN(C)C)NC(=O)C(CCCCN)NC(=O)[C@H](CC(=O)O)NC(=O)C(CCN)NC(=O)C(NC(=O)C[C@H](O)CCCCCCCCCCC)COC(=O)C([C@H](O)CCl)NC1=O. The molecule has 0 spiro atoms. The second kappa shape index (κ2) is 43.9. The number of likely N-dealkylation sites (N-methyl/N-ethyl adjacent to an activating group) is 1. The second-order valence-corrected chi connectivity index (χ2v) is 21.9. The summed E-state index contributed by atoms with van der Waals surface area (Å²) in [6, 6.07) is -15.6. The Kier molecular flexibility index (Phi) is 39.6. The molecule has 32 nitrogen and oxygen atoms in total. The monoisotopic (exact) mass is 1280 g/mol. The number of carbonyl (C=O) groups is 12. The molecule has 0 radical (unpaired) electrons. The predicted octanol–water partition coefficient (Wildman–Crippen LogP) is -5.57. The molecule has 0 aromatic heterocycles. The number of hydrogen-bond donors (Lipinski definition) is 18. The molecule has 0 bridgehead atoms. The summed E-state index contributed by atoms with van der Waals surface area (Å²) in [4.78, 5) is 167. The van der Waals surface area contributed by atoms with E-state index in [1.54, 1.807) is 19.0 Å². The van der Waals surface area contributed by atoms with E-state index in [1.165, 1.54) is 6.92 Å². The number of esters is 1. The van der Waals surface area contributed by atoms with E-state index < -0.39 is 188 Å². The molecular weight excluding hydrogens is 1180 g/mol. The Hall–Kier alpha value is -6.65. The predicted molar refractivity (Wildman–Crippen MR) is 319 cm³/mol. The molecular formula is C55H97ClN14O18. The number of allylic oxidation sites excluding steroid dienone is 1. The second-order valence-electron chi connectivity index (χ2n) is 21.6. The van der Waals surface area contributed by atoms with Gasteiger partial charge in [0.1, 0.15) is 54.6 Å². The Bertz CT molecular complexity index is 2300. The van der Waals surface area contributed by atoms with Crippen molar-refractivity contribution in [3.63, 3.8) is 0 Å². The minimum Gasteiger partial charge on any atom is -0.481 e. The molecule has 1 fully saturated rings. The molecule has 6 unspecified atom stereocenters. The lowest BCUT2D eigenvalue weighted by molar-refractivity contribution is -0.153. The molecule has 1 rings (SSSR count). The lowest BCUT2D eigenvalue weighted by atomic mass is 10.0. The first-order chi connectivity index (χ1) is 41.7. The average molecular weight is 1280 g/mol. The number of aliphatic hydroxyl groups is 4. The fourth-order valence-electron chi connectivity index (χ4n) is 8.74. The zero-order chi connectivity index (χ0) is 66.5. The number of nitrogens with one attached hydrogen (secondary N) is 10. The van der Waals surface area contributed by atoms with Gasteiger partial charge < -0.3 is 106 Å². The molecule has 0 saturated carbocycles. The quantitative estimate of drug-likeness (QED) is 0.0133. The highest BCUT2D eigenvalue weighted by atomic mass is 35.5. The summed E-state index contributed by atoms with van der Waals surface area (Å²) >= 11 is 5.92. The zero-order valence-electron chi connectivity index (χ0n) is 51.1. The number of carboxylic acid groups (broad SMARTS) is 1. The van der Waals surface area contributed by atoms with Gasteiger partial charge in [-0.1, -0.05) is 70.8 Å². The number of cyclic esters (lactones) is 1. The molecule has 1 aliphatic rings. The van der Waals surface area contributed by atoms with Crippen molar-refractivity contribution in [3.05, 3.63) is 11.8 Å². The summed E-state index contributed by atoms with van der Waals surface area (Å²) in [5.74, 6) is -16.3. The van der Waals surface area contributed by atoms with Gasteiger partial charge >= 0.3 is 11.9 Å². The van der Waals surface area contributed by atoms with Crippen LogP contribution in [-0.2, 0) is 62.3 Å². The standard InChI is InChI=1S/C55H97ClN14O18/c1-6-8-9-10-11-12-13-14-15-18-32(72)27-40(74)61-38-30-88-55(87)43(39(73)29-56)68-46(78)33(7-2)62-52(84)42(31(3)71)67-49(81)36(21-24-59)65-53(85)44(45(77)54(86)60-25-26-70(4)5)69-48(80)34(19-16-17-22-57)63-50(82)37(28-41(75)76)66-47(79)35(20-23-58)64-51(38)83/h7,31-32,34-39,42-45,71-73,77H,6,8-30,57-59H2,1-5H3,(H,60,86)(H,61,74)(H,62,84)(H,63,82)(H,64,83)(H,65,85)(H,66,79)(H,67,81)(H,68,78)(H,69,80)(H,75,76)/b33-7+/t31-,32+,34?,35?,36-,37-,38?,39+,42?,43?,44?,45-/m0/s1. The van der Waals surface area contributed by atoms with Crippen molar-refractivity contribution < 1.29 is 87.8 Å². The molecule has 12 atom stereocenters. The number of amides is 10. The molecule has 33 heteroatoms. The first-order valence-corrected chi connectivity index (χ1v) is 30.3. The van der Waals surface area contributed by atoms with Crippen LogP contribution in [0.15, 0.2) is 11.8 Å². The molecule has 502 valence electrons. The van der Waals surface area contributed by atoms with Crippen molar-refractivity contribution in [2.24, 2.45) is 17.2 Å². The Morgan fingerprint density at radius 2 is 1.18 bits per heavy atom. The van der Waals surface area contributed by atoms with Crippen LogP contribution in [0.2, 0.25) is 0 Å². The zero-order valence-corrected chi connectivity index (χ0v) is 51.8. The van der Waals surface area contributed by atoms with Crippen molar-refractivity contribution in [2.45, 2.75) is 203 Å². The van der Waals surface area contributed by atoms with E-state index in [4.69, 9.17) is 33.5 Å². The maximum atomic E-state index is 14.3. The fraction of sp³-hybridized carbons (Fsp3) is 0.745. The van der Waals surface area contributed by atoms with Crippen LogP contribution in [-0.4, -0.2) is 233 Å². The normalized spacial score (nSPS) is 23.8. The lowest BCUT2D eigenvalue weighted by Gasteiger charge is -2.29. The first-order valence-electron chi connectivity index (χ1n) is 29.8. The van der Waals surface area contributed by atoms with Crippen LogP contribution in [0.25, 0.3) is 0 Å². The van der Waals surface area contributed by atoms with Gasteiger partial charge in [-0.25, -0.2) is 4.79 Å². The van der Waals surface area contributed by atoms with Gasteiger partial charge in [-0.3, -0.25) is 52.7 Å². The van der Waals surface area contributed by atoms with Gasteiger partial charge in [0.2, 0.25) is 47.3 Å². The maximum absolute atomic E-state index is 14.3. The summed E-state index contributed by atoms with van der Waals surface area (Å²) in [6.45, 7) is 2.85. The van der Waals surface area contributed by atoms with Crippen molar-refractivity contribution in [1.29, 1.82) is 0 Å². The molecule has 0 aliphatic carbocycles. The van der Waals surface area contributed by atoms with Gasteiger partial charge in [0.25, 0.3) is 11.8 Å². The minimum atomic E-state index is -2.44. The van der Waals surface area contributed by atoms with Gasteiger partial charge in [0, 0.05) is 13.1 Å². The maximum Gasteiger partial charge on any atom is 0.331 e. The molecule has 10 amide bonds. The van der Waals surface area contributed by atoms with Gasteiger partial charge in [0.15, 0.2) is 12.1 Å². The van der Waals surface area contributed by atoms with E-state index in [-0.39, 0.29) is 58.4 Å². The Labute approximate surface area is 517 Å². The van der Waals surface area contributed by atoms with E-state index in [1.807, 2.05) is 0 Å². The number of hydrogen-bond acceptors (Lipinski definition) is 21. The fourth-order valence-corrected chi connectivity index (χ4v) is 8.92. The van der Waals surface area contributed by atoms with Crippen LogP contribution >= 0.6 is 11.6 Å². The third-order valence-electron chi connectivity index (χ3n) is 13.8. The number of carboxylic acids is 1. The minimum absolute atomic E-state index is 0.0745. The lowest BCUT2D eigenvalue weighted by Crippen LogP contribution is -2.64. The van der Waals surface area contributed by atoms with Crippen molar-refractivity contribution in [1.82, 2.24) is 58.1 Å². The summed E-state index contributed by atoms with van der Waals surface area (Å²) < 4.78 is 5.37. The number of alkyl halides is 1. The molecule has 21 N–H and O–H groups in total. The number of aliphatic carboxylic acids is 1. The van der Waals surface area contributed by atoms with E-state index in [2.05, 4.69) is 60.1 Å². The van der Waals surface area contributed by atoms with Gasteiger partial charge in [0.05, 0.1) is 37.0 Å². The molecule has 1 heterocycles. The highest BCUT2D eigenvalue weighted by Crippen LogP contribution is 2.14. The van der Waals surface area contributed by atoms with Crippen LogP contribution in [0.5, 0.6) is 0 Å². The largest absolute Gasteiger partial charge is 0.481 e. The Balaban J connectivity index is 4.08. The third kappa shape index (κ3) is 30.5. The Morgan fingerprint density at radius 1 is 0.659 bits per heavy atom. The van der Waals surface area contributed by atoms with Crippen LogP contribution in [0, 0.1) is 0 Å². The number of ether oxygens (including phenoxy) is 1. The highest BCUT2D eigenvalue weighted by Gasteiger charge is 2.40. The van der Waals surface area contributed by atoms with Gasteiger partial charge in [-0.05, 0) is 86.1 Å². The smallest absolute Gasteiger partial charge is 0.331 e. The van der Waals surface area contributed by atoms with Crippen molar-refractivity contribution in [2.75, 3.05) is 59.3 Å². The number of aliphatic hydroxyl groups excluding tert-OH is 4. The number of halogens is 1. The number of carbonyl (C=O) groups excluding carboxylic acids is 11. The summed E-state index contributed by atoms with van der Waals surface area (Å²) in [5.41, 5.74) is 16.7. The first kappa shape index (κ1) is 79.4. The summed E-state index contributed by atoms with van der Waals surface area (Å²) in [5, 5.41) is 76.5. The molecule has 0 aromatic carbocycles. The number of unbranched alkanes of at least 4 members (excludes halogenated alkanes) is 9. The topological polar surface area (TPSA) is 517 Å². The Morgan fingerprint density at radius 3 is 1.72 bits per heavy atom. The molecule has 88 heavy (non-hydrogen) atoms. The molecule has 1 aliphatic heterocycles. The van der Waals surface area contributed by atoms with E-state index in [9.17, 15) is 83.1 Å². The summed E-state index contributed by atoms with van der Waals surface area (Å²) in [6.07, 6.45) is 0.132. The van der Waals surface area contributed by atoms with E-state index >= 15 is 0 Å². The number of nitrogens with zero attached hydrogens (tertiary/aromatic N) is 1. The van der Waals surface area contributed by atoms with Gasteiger partial charge in [-0.2, -0.15) is 0 Å². The van der Waals surface area contributed by atoms with Crippen LogP contribution < -0.4 is 70.4 Å². The van der Waals surface area contributed by atoms with Crippen LogP contribution in [0.3, 0.4) is 0 Å².